The number of ether oxygens (including phenoxy) is 2. The molecule has 0 amide bonds. The van der Waals surface area contributed by atoms with Crippen LogP contribution in [0.15, 0.2) is 18.3 Å². The van der Waals surface area contributed by atoms with Gasteiger partial charge in [0.2, 0.25) is 0 Å². The molecular formula is C13H21N3O2. The van der Waals surface area contributed by atoms with Gasteiger partial charge in [-0.1, -0.05) is 0 Å². The van der Waals surface area contributed by atoms with Gasteiger partial charge in [-0.15, -0.1) is 0 Å². The number of nitrogens with two attached hydrogens (primary N) is 1. The molecule has 0 spiro atoms. The Balaban J connectivity index is 2.04. The zero-order valence-corrected chi connectivity index (χ0v) is 10.9. The molecule has 100 valence electrons. The standard InChI is InChI=1S/C13H21N3O2/c1-3-17-10-6-5-7-15-13(10)16-12-9(14)8-11(12)18-4-2/h5-7,9,11-12H,3-4,8,14H2,1-2H3,(H,15,16). The second-order valence-electron chi connectivity index (χ2n) is 4.35. The van der Waals surface area contributed by atoms with Gasteiger partial charge in [-0.3, -0.25) is 0 Å². The van der Waals surface area contributed by atoms with Gasteiger partial charge in [0, 0.05) is 18.8 Å². The van der Waals surface area contributed by atoms with Crippen molar-refractivity contribution in [2.75, 3.05) is 18.5 Å². The smallest absolute Gasteiger partial charge is 0.169 e. The number of aromatic nitrogens is 1. The van der Waals surface area contributed by atoms with Crippen LogP contribution in [0.25, 0.3) is 0 Å². The van der Waals surface area contributed by atoms with Gasteiger partial charge in [0.25, 0.3) is 0 Å². The predicted octanol–water partition coefficient (Wildman–Crippen LogP) is 1.40. The molecule has 0 saturated heterocycles. The highest BCUT2D eigenvalue weighted by molar-refractivity contribution is 5.51. The second kappa shape index (κ2) is 6.02. The van der Waals surface area contributed by atoms with E-state index < -0.39 is 0 Å². The summed E-state index contributed by atoms with van der Waals surface area (Å²) in [4.78, 5) is 4.30. The van der Waals surface area contributed by atoms with Crippen LogP contribution in [-0.4, -0.2) is 36.4 Å². The molecule has 1 heterocycles. The predicted molar refractivity (Wildman–Crippen MR) is 70.8 cm³/mol. The Hall–Kier alpha value is -1.33. The SMILES string of the molecule is CCOc1cccnc1NC1C(N)CC1OCC. The molecule has 3 N–H and O–H groups in total. The summed E-state index contributed by atoms with van der Waals surface area (Å²) in [5.41, 5.74) is 6.00. The highest BCUT2D eigenvalue weighted by atomic mass is 16.5. The summed E-state index contributed by atoms with van der Waals surface area (Å²) in [6.45, 7) is 5.27. The molecule has 1 aliphatic rings. The topological polar surface area (TPSA) is 69.4 Å². The van der Waals surface area contributed by atoms with E-state index in [0.717, 1.165) is 18.0 Å². The van der Waals surface area contributed by atoms with Crippen LogP contribution in [0.3, 0.4) is 0 Å². The third-order valence-corrected chi connectivity index (χ3v) is 3.12. The normalized spacial score (nSPS) is 26.5. The van der Waals surface area contributed by atoms with Crippen molar-refractivity contribution in [3.05, 3.63) is 18.3 Å². The van der Waals surface area contributed by atoms with Gasteiger partial charge >= 0.3 is 0 Å². The van der Waals surface area contributed by atoms with Gasteiger partial charge in [-0.25, -0.2) is 4.98 Å². The molecule has 0 bridgehead atoms. The quantitative estimate of drug-likeness (QED) is 0.799. The number of hydrogen-bond acceptors (Lipinski definition) is 5. The molecule has 0 aromatic carbocycles. The molecule has 1 fully saturated rings. The first-order valence-electron chi connectivity index (χ1n) is 6.47. The Bertz CT molecular complexity index is 384. The third kappa shape index (κ3) is 2.73. The van der Waals surface area contributed by atoms with Crippen LogP contribution >= 0.6 is 0 Å². The van der Waals surface area contributed by atoms with E-state index in [2.05, 4.69) is 10.3 Å². The summed E-state index contributed by atoms with van der Waals surface area (Å²) in [5, 5.41) is 3.33. The van der Waals surface area contributed by atoms with E-state index in [9.17, 15) is 0 Å². The van der Waals surface area contributed by atoms with Crippen LogP contribution in [0.5, 0.6) is 5.75 Å². The van der Waals surface area contributed by atoms with Crippen molar-refractivity contribution in [1.29, 1.82) is 0 Å². The van der Waals surface area contributed by atoms with Gasteiger partial charge in [-0.05, 0) is 32.4 Å². The largest absolute Gasteiger partial charge is 0.490 e. The summed E-state index contributed by atoms with van der Waals surface area (Å²) in [5.74, 6) is 1.50. The first-order chi connectivity index (χ1) is 8.76. The van der Waals surface area contributed by atoms with Crippen molar-refractivity contribution in [1.82, 2.24) is 4.98 Å². The van der Waals surface area contributed by atoms with Crippen LogP contribution in [0, 0.1) is 0 Å². The molecule has 18 heavy (non-hydrogen) atoms. The lowest BCUT2D eigenvalue weighted by Crippen LogP contribution is -2.60. The molecular weight excluding hydrogens is 230 g/mol. The first kappa shape index (κ1) is 13.1. The van der Waals surface area contributed by atoms with E-state index in [4.69, 9.17) is 15.2 Å². The highest BCUT2D eigenvalue weighted by Crippen LogP contribution is 2.29. The fraction of sp³-hybridized carbons (Fsp3) is 0.615. The van der Waals surface area contributed by atoms with Gasteiger partial charge in [0.05, 0.1) is 18.8 Å². The maximum absolute atomic E-state index is 6.00. The number of hydrogen-bond donors (Lipinski definition) is 2. The minimum Gasteiger partial charge on any atom is -0.490 e. The minimum atomic E-state index is 0.109. The summed E-state index contributed by atoms with van der Waals surface area (Å²) < 4.78 is 11.2. The van der Waals surface area contributed by atoms with Crippen molar-refractivity contribution in [2.45, 2.75) is 38.5 Å². The Kier molecular flexibility index (Phi) is 4.38. The Morgan fingerprint density at radius 2 is 2.28 bits per heavy atom. The summed E-state index contributed by atoms with van der Waals surface area (Å²) in [6.07, 6.45) is 2.80. The van der Waals surface area contributed by atoms with Crippen LogP contribution in [0.1, 0.15) is 20.3 Å². The Morgan fingerprint density at radius 3 is 2.94 bits per heavy atom. The number of nitrogens with one attached hydrogen (secondary N) is 1. The van der Waals surface area contributed by atoms with Gasteiger partial charge in [-0.2, -0.15) is 0 Å². The third-order valence-electron chi connectivity index (χ3n) is 3.12. The van der Waals surface area contributed by atoms with E-state index in [1.807, 2.05) is 26.0 Å². The molecule has 5 heteroatoms. The lowest BCUT2D eigenvalue weighted by Gasteiger charge is -2.42. The Morgan fingerprint density at radius 1 is 1.44 bits per heavy atom. The molecule has 1 aromatic rings. The van der Waals surface area contributed by atoms with Crippen molar-refractivity contribution < 1.29 is 9.47 Å². The van der Waals surface area contributed by atoms with Crippen LogP contribution in [0.4, 0.5) is 5.82 Å². The zero-order valence-electron chi connectivity index (χ0n) is 10.9. The maximum atomic E-state index is 6.00. The Labute approximate surface area is 108 Å². The van der Waals surface area contributed by atoms with E-state index in [0.29, 0.717) is 13.2 Å². The number of nitrogens with zero attached hydrogens (tertiary/aromatic N) is 1. The minimum absolute atomic E-state index is 0.109. The molecule has 2 rings (SSSR count). The van der Waals surface area contributed by atoms with Crippen molar-refractivity contribution in [3.63, 3.8) is 0 Å². The van der Waals surface area contributed by atoms with Gasteiger partial charge < -0.3 is 20.5 Å². The van der Waals surface area contributed by atoms with Crippen molar-refractivity contribution in [2.24, 2.45) is 5.73 Å². The molecule has 5 nitrogen and oxygen atoms in total. The lowest BCUT2D eigenvalue weighted by atomic mass is 9.83. The highest BCUT2D eigenvalue weighted by Gasteiger charge is 2.39. The van der Waals surface area contributed by atoms with Crippen LogP contribution in [0.2, 0.25) is 0 Å². The van der Waals surface area contributed by atoms with Crippen LogP contribution < -0.4 is 15.8 Å². The monoisotopic (exact) mass is 251 g/mol. The van der Waals surface area contributed by atoms with Crippen molar-refractivity contribution >= 4 is 5.82 Å². The van der Waals surface area contributed by atoms with Crippen LogP contribution in [-0.2, 0) is 4.74 Å². The van der Waals surface area contributed by atoms with E-state index in [-0.39, 0.29) is 18.2 Å². The molecule has 3 unspecified atom stereocenters. The molecule has 3 atom stereocenters. The molecule has 1 aromatic heterocycles. The van der Waals surface area contributed by atoms with Gasteiger partial charge in [0.1, 0.15) is 0 Å². The van der Waals surface area contributed by atoms with Gasteiger partial charge in [0.15, 0.2) is 11.6 Å². The fourth-order valence-electron chi connectivity index (χ4n) is 2.16. The zero-order chi connectivity index (χ0) is 13.0. The second-order valence-corrected chi connectivity index (χ2v) is 4.35. The summed E-state index contributed by atoms with van der Waals surface area (Å²) in [6, 6.07) is 3.98. The molecule has 0 radical (unpaired) electrons. The average Bonchev–Trinajstić information content (AvgIpc) is 2.38. The fourth-order valence-corrected chi connectivity index (χ4v) is 2.16. The lowest BCUT2D eigenvalue weighted by molar-refractivity contribution is -0.0127. The maximum Gasteiger partial charge on any atom is 0.169 e. The van der Waals surface area contributed by atoms with E-state index in [1.54, 1.807) is 6.20 Å². The number of rotatable bonds is 6. The summed E-state index contributed by atoms with van der Waals surface area (Å²) >= 11 is 0. The first-order valence-corrected chi connectivity index (χ1v) is 6.47. The molecule has 1 aliphatic carbocycles. The van der Waals surface area contributed by atoms with Crippen molar-refractivity contribution in [3.8, 4) is 5.75 Å². The van der Waals surface area contributed by atoms with E-state index in [1.165, 1.54) is 0 Å². The van der Waals surface area contributed by atoms with E-state index >= 15 is 0 Å². The average molecular weight is 251 g/mol. The summed E-state index contributed by atoms with van der Waals surface area (Å²) in [7, 11) is 0. The number of anilines is 1. The molecule has 0 aliphatic heterocycles. The number of pyridine rings is 1. The molecule has 1 saturated carbocycles.